The van der Waals surface area contributed by atoms with Gasteiger partial charge in [0.25, 0.3) is 0 Å². The van der Waals surface area contributed by atoms with E-state index in [1.54, 1.807) is 6.07 Å². The minimum absolute atomic E-state index is 0.0169. The van der Waals surface area contributed by atoms with Crippen molar-refractivity contribution in [3.8, 4) is 0 Å². The van der Waals surface area contributed by atoms with Gasteiger partial charge in [0.05, 0.1) is 5.52 Å². The number of pyridine rings is 2. The zero-order valence-corrected chi connectivity index (χ0v) is 19.6. The van der Waals surface area contributed by atoms with Crippen LogP contribution in [-0.2, 0) is 19.3 Å². The lowest BCUT2D eigenvalue weighted by atomic mass is 9.91. The van der Waals surface area contributed by atoms with Crippen molar-refractivity contribution in [3.05, 3.63) is 69.3 Å². The second kappa shape index (κ2) is 10.5. The molecule has 5 rings (SSSR count). The number of hydrogen-bond donors (Lipinski definition) is 3. The summed E-state index contributed by atoms with van der Waals surface area (Å²) in [6, 6.07) is 12.6. The number of hydrogen-bond acceptors (Lipinski definition) is 4. The van der Waals surface area contributed by atoms with E-state index < -0.39 is 0 Å². The number of fused-ring (bicyclic) bond motifs is 3. The molecule has 3 aromatic rings. The molecular formula is C28H36N4O. The Morgan fingerprint density at radius 2 is 1.76 bits per heavy atom. The van der Waals surface area contributed by atoms with Crippen LogP contribution in [0.5, 0.6) is 0 Å². The molecule has 0 fully saturated rings. The van der Waals surface area contributed by atoms with E-state index in [2.05, 4.69) is 39.9 Å². The van der Waals surface area contributed by atoms with E-state index in [1.807, 2.05) is 6.07 Å². The standard InChI is InChI=1S/C28H36N4O/c33-27-17-16-20-23(14-9-15-24(20)32-27)29-18-7-1-2-8-19-30-28-21-10-3-5-12-25(21)31-26-13-6-4-11-22(26)28/h3,5,10,12,16-17,23,29H,1-2,4,6-9,11,13-15,18-19H2,(H,30,31)(H,32,33)/t23-/m1/s1. The summed E-state index contributed by atoms with van der Waals surface area (Å²) in [7, 11) is 0. The average molecular weight is 445 g/mol. The monoisotopic (exact) mass is 444 g/mol. The van der Waals surface area contributed by atoms with Crippen LogP contribution in [0.25, 0.3) is 10.9 Å². The molecule has 2 heterocycles. The Morgan fingerprint density at radius 1 is 0.909 bits per heavy atom. The predicted molar refractivity (Wildman–Crippen MR) is 136 cm³/mol. The summed E-state index contributed by atoms with van der Waals surface area (Å²) >= 11 is 0. The van der Waals surface area contributed by atoms with Crippen molar-refractivity contribution in [3.63, 3.8) is 0 Å². The fraction of sp³-hybridized carbons (Fsp3) is 0.500. The zero-order chi connectivity index (χ0) is 22.5. The molecule has 5 nitrogen and oxygen atoms in total. The van der Waals surface area contributed by atoms with Gasteiger partial charge in [-0.15, -0.1) is 0 Å². The maximum atomic E-state index is 11.6. The molecule has 2 aromatic heterocycles. The highest BCUT2D eigenvalue weighted by Crippen LogP contribution is 2.33. The lowest BCUT2D eigenvalue weighted by Crippen LogP contribution is -2.28. The SMILES string of the molecule is O=c1ccc2c([nH]1)CCC[C@H]2NCCCCCCNc1c2c(nc3ccccc13)CCCC2. The number of aromatic amines is 1. The molecular weight excluding hydrogens is 408 g/mol. The Bertz CT molecular complexity index is 1150. The summed E-state index contributed by atoms with van der Waals surface area (Å²) in [6.07, 6.45) is 13.0. The van der Waals surface area contributed by atoms with Gasteiger partial charge in [0.2, 0.25) is 5.56 Å². The first-order chi connectivity index (χ1) is 16.3. The molecule has 0 radical (unpaired) electrons. The van der Waals surface area contributed by atoms with E-state index in [1.165, 1.54) is 66.4 Å². The van der Waals surface area contributed by atoms with Gasteiger partial charge in [-0.3, -0.25) is 9.78 Å². The van der Waals surface area contributed by atoms with Crippen molar-refractivity contribution in [2.75, 3.05) is 18.4 Å². The first kappa shape index (κ1) is 22.1. The molecule has 0 spiro atoms. The summed E-state index contributed by atoms with van der Waals surface area (Å²) in [5.41, 5.74) is 7.66. The molecule has 0 unspecified atom stereocenters. The van der Waals surface area contributed by atoms with E-state index in [-0.39, 0.29) is 5.56 Å². The van der Waals surface area contributed by atoms with Gasteiger partial charge < -0.3 is 15.6 Å². The molecule has 0 bridgehead atoms. The van der Waals surface area contributed by atoms with Gasteiger partial charge in [0.15, 0.2) is 0 Å². The maximum absolute atomic E-state index is 11.6. The fourth-order valence-corrected chi connectivity index (χ4v) is 5.58. The lowest BCUT2D eigenvalue weighted by Gasteiger charge is -2.26. The summed E-state index contributed by atoms with van der Waals surface area (Å²) in [5.74, 6) is 0. The van der Waals surface area contributed by atoms with E-state index in [4.69, 9.17) is 4.98 Å². The predicted octanol–water partition coefficient (Wildman–Crippen LogP) is 5.44. The van der Waals surface area contributed by atoms with E-state index >= 15 is 0 Å². The smallest absolute Gasteiger partial charge is 0.248 e. The Hall–Kier alpha value is -2.66. The molecule has 1 atom stereocenters. The van der Waals surface area contributed by atoms with Gasteiger partial charge in [0, 0.05) is 41.1 Å². The summed E-state index contributed by atoms with van der Waals surface area (Å²) < 4.78 is 0. The summed E-state index contributed by atoms with van der Waals surface area (Å²) in [6.45, 7) is 2.07. The fourth-order valence-electron chi connectivity index (χ4n) is 5.58. The van der Waals surface area contributed by atoms with Crippen molar-refractivity contribution >= 4 is 16.6 Å². The van der Waals surface area contributed by atoms with E-state index in [9.17, 15) is 4.79 Å². The minimum Gasteiger partial charge on any atom is -0.384 e. The number of unbranched alkanes of at least 4 members (excludes halogenated alkanes) is 3. The second-order valence-corrected chi connectivity index (χ2v) is 9.63. The summed E-state index contributed by atoms with van der Waals surface area (Å²) in [4.78, 5) is 19.5. The zero-order valence-electron chi connectivity index (χ0n) is 19.6. The molecule has 3 N–H and O–H groups in total. The van der Waals surface area contributed by atoms with Gasteiger partial charge in [-0.25, -0.2) is 0 Å². The number of anilines is 1. The van der Waals surface area contributed by atoms with Crippen LogP contribution in [-0.4, -0.2) is 23.1 Å². The molecule has 0 amide bonds. The Labute approximate surface area is 196 Å². The Kier molecular flexibility index (Phi) is 7.06. The third kappa shape index (κ3) is 5.14. The molecule has 33 heavy (non-hydrogen) atoms. The van der Waals surface area contributed by atoms with Gasteiger partial charge in [0.1, 0.15) is 0 Å². The van der Waals surface area contributed by atoms with Crippen molar-refractivity contribution in [2.24, 2.45) is 0 Å². The highest BCUT2D eigenvalue weighted by molar-refractivity contribution is 5.93. The molecule has 5 heteroatoms. The highest BCUT2D eigenvalue weighted by Gasteiger charge is 2.20. The molecule has 1 aromatic carbocycles. The van der Waals surface area contributed by atoms with Crippen molar-refractivity contribution in [2.45, 2.75) is 76.7 Å². The number of benzene rings is 1. The van der Waals surface area contributed by atoms with Crippen LogP contribution in [0.4, 0.5) is 5.69 Å². The van der Waals surface area contributed by atoms with Gasteiger partial charge in [-0.1, -0.05) is 37.1 Å². The number of para-hydroxylation sites is 1. The number of aryl methyl sites for hydroxylation is 2. The number of aromatic nitrogens is 2. The van der Waals surface area contributed by atoms with E-state index in [0.717, 1.165) is 56.4 Å². The quantitative estimate of drug-likeness (QED) is 0.384. The van der Waals surface area contributed by atoms with Crippen LogP contribution >= 0.6 is 0 Å². The third-order valence-corrected chi connectivity index (χ3v) is 7.30. The average Bonchev–Trinajstić information content (AvgIpc) is 2.84. The largest absolute Gasteiger partial charge is 0.384 e. The third-order valence-electron chi connectivity index (χ3n) is 7.30. The highest BCUT2D eigenvalue weighted by atomic mass is 16.1. The number of nitrogens with one attached hydrogen (secondary N) is 3. The molecule has 2 aliphatic carbocycles. The van der Waals surface area contributed by atoms with Crippen LogP contribution in [0, 0.1) is 0 Å². The van der Waals surface area contributed by atoms with E-state index in [0.29, 0.717) is 6.04 Å². The number of rotatable bonds is 9. The van der Waals surface area contributed by atoms with Gasteiger partial charge in [-0.2, -0.15) is 0 Å². The van der Waals surface area contributed by atoms with Crippen molar-refractivity contribution < 1.29 is 0 Å². The first-order valence-electron chi connectivity index (χ1n) is 12.9. The van der Waals surface area contributed by atoms with Crippen LogP contribution in [0.2, 0.25) is 0 Å². The molecule has 2 aliphatic rings. The summed E-state index contributed by atoms with van der Waals surface area (Å²) in [5, 5.41) is 8.79. The minimum atomic E-state index is 0.0169. The molecule has 0 saturated carbocycles. The van der Waals surface area contributed by atoms with Gasteiger partial charge >= 0.3 is 0 Å². The lowest BCUT2D eigenvalue weighted by molar-refractivity contribution is 0.444. The molecule has 174 valence electrons. The normalized spacial score (nSPS) is 17.5. The number of H-pyrrole nitrogens is 1. The first-order valence-corrected chi connectivity index (χ1v) is 12.9. The van der Waals surface area contributed by atoms with Crippen molar-refractivity contribution in [1.82, 2.24) is 15.3 Å². The van der Waals surface area contributed by atoms with Crippen LogP contribution in [0.1, 0.15) is 79.9 Å². The van der Waals surface area contributed by atoms with Gasteiger partial charge in [-0.05, 0) is 81.5 Å². The Balaban J connectivity index is 1.07. The maximum Gasteiger partial charge on any atom is 0.248 e. The number of nitrogens with zero attached hydrogens (tertiary/aromatic N) is 1. The Morgan fingerprint density at radius 3 is 2.70 bits per heavy atom. The van der Waals surface area contributed by atoms with Crippen LogP contribution in [0.15, 0.2) is 41.2 Å². The van der Waals surface area contributed by atoms with Crippen molar-refractivity contribution in [1.29, 1.82) is 0 Å². The second-order valence-electron chi connectivity index (χ2n) is 9.63. The molecule has 0 aliphatic heterocycles. The van der Waals surface area contributed by atoms with Crippen LogP contribution < -0.4 is 16.2 Å². The molecule has 0 saturated heterocycles. The topological polar surface area (TPSA) is 69.8 Å². The van der Waals surface area contributed by atoms with Crippen LogP contribution in [0.3, 0.4) is 0 Å².